The van der Waals surface area contributed by atoms with Gasteiger partial charge in [0.2, 0.25) is 0 Å². The number of hydrogen-bond donors (Lipinski definition) is 2. The van der Waals surface area contributed by atoms with E-state index >= 15 is 0 Å². The van der Waals surface area contributed by atoms with Gasteiger partial charge in [-0.1, -0.05) is 5.16 Å². The van der Waals surface area contributed by atoms with Crippen molar-refractivity contribution >= 4 is 11.7 Å². The first-order chi connectivity index (χ1) is 7.69. The average molecular weight is 225 g/mol. The molecule has 1 heterocycles. The molecule has 0 unspecified atom stereocenters. The van der Waals surface area contributed by atoms with Gasteiger partial charge >= 0.3 is 0 Å². The van der Waals surface area contributed by atoms with Gasteiger partial charge in [-0.15, -0.1) is 0 Å². The van der Waals surface area contributed by atoms with Crippen LogP contribution in [-0.2, 0) is 0 Å². The van der Waals surface area contributed by atoms with Crippen molar-refractivity contribution in [3.05, 3.63) is 24.2 Å². The van der Waals surface area contributed by atoms with Crippen LogP contribution in [0.15, 0.2) is 28.2 Å². The first-order valence-electron chi connectivity index (χ1n) is 4.97. The summed E-state index contributed by atoms with van der Waals surface area (Å²) in [5.41, 5.74) is 5.84. The number of nitrogens with two attached hydrogens (primary N) is 1. The maximum Gasteiger partial charge on any atom is 0.257 e. The van der Waals surface area contributed by atoms with Crippen molar-refractivity contribution in [2.24, 2.45) is 10.9 Å². The molecule has 1 amide bonds. The molecule has 1 rings (SSSR count). The quantitative estimate of drug-likeness (QED) is 0.337. The molecule has 0 saturated heterocycles. The van der Waals surface area contributed by atoms with Crippen LogP contribution < -0.4 is 5.73 Å². The zero-order chi connectivity index (χ0) is 12.0. The van der Waals surface area contributed by atoms with E-state index in [0.717, 1.165) is 0 Å². The Kier molecular flexibility index (Phi) is 4.38. The van der Waals surface area contributed by atoms with Crippen LogP contribution in [0, 0.1) is 0 Å². The lowest BCUT2D eigenvalue weighted by atomic mass is 10.2. The molecule has 16 heavy (non-hydrogen) atoms. The Morgan fingerprint density at radius 1 is 1.69 bits per heavy atom. The van der Waals surface area contributed by atoms with E-state index in [-0.39, 0.29) is 11.7 Å². The third kappa shape index (κ3) is 3.01. The lowest BCUT2D eigenvalue weighted by Crippen LogP contribution is -2.33. The number of amidine groups is 1. The van der Waals surface area contributed by atoms with Gasteiger partial charge in [-0.2, -0.15) is 0 Å². The molecule has 0 radical (unpaired) electrons. The molecular formula is C10H15N3O3. The standard InChI is InChI=1S/C10H15N3O3/c1-2-13(5-3-9(11)12-15)10(14)8-4-6-16-7-8/h4,6-7,15H,2-3,5H2,1H3,(H2,11,12). The van der Waals surface area contributed by atoms with Crippen LogP contribution in [-0.4, -0.2) is 34.9 Å². The molecule has 0 fully saturated rings. The third-order valence-electron chi connectivity index (χ3n) is 2.20. The fraction of sp³-hybridized carbons (Fsp3) is 0.400. The van der Waals surface area contributed by atoms with Gasteiger partial charge in [-0.25, -0.2) is 0 Å². The molecule has 0 aliphatic carbocycles. The largest absolute Gasteiger partial charge is 0.472 e. The van der Waals surface area contributed by atoms with Gasteiger partial charge < -0.3 is 20.3 Å². The number of hydrogen-bond acceptors (Lipinski definition) is 4. The zero-order valence-corrected chi connectivity index (χ0v) is 9.09. The Bertz CT molecular complexity index is 359. The highest BCUT2D eigenvalue weighted by Crippen LogP contribution is 2.06. The lowest BCUT2D eigenvalue weighted by Gasteiger charge is -2.19. The molecule has 6 heteroatoms. The van der Waals surface area contributed by atoms with Crippen molar-refractivity contribution < 1.29 is 14.4 Å². The van der Waals surface area contributed by atoms with Crippen LogP contribution in [0.2, 0.25) is 0 Å². The maximum atomic E-state index is 11.9. The monoisotopic (exact) mass is 225 g/mol. The summed E-state index contributed by atoms with van der Waals surface area (Å²) >= 11 is 0. The van der Waals surface area contributed by atoms with Crippen molar-refractivity contribution in [2.45, 2.75) is 13.3 Å². The summed E-state index contributed by atoms with van der Waals surface area (Å²) in [6, 6.07) is 1.61. The minimum Gasteiger partial charge on any atom is -0.472 e. The van der Waals surface area contributed by atoms with E-state index < -0.39 is 0 Å². The summed E-state index contributed by atoms with van der Waals surface area (Å²) in [4.78, 5) is 13.5. The fourth-order valence-electron chi connectivity index (χ4n) is 1.27. The molecule has 6 nitrogen and oxygen atoms in total. The second-order valence-corrected chi connectivity index (χ2v) is 3.24. The SMILES string of the molecule is CCN(CCC(N)=NO)C(=O)c1ccoc1. The number of rotatable bonds is 5. The first-order valence-corrected chi connectivity index (χ1v) is 4.97. The smallest absolute Gasteiger partial charge is 0.257 e. The topological polar surface area (TPSA) is 92.1 Å². The number of carbonyl (C=O) groups excluding carboxylic acids is 1. The minimum absolute atomic E-state index is 0.110. The highest BCUT2D eigenvalue weighted by Gasteiger charge is 2.15. The lowest BCUT2D eigenvalue weighted by molar-refractivity contribution is 0.0767. The van der Waals surface area contributed by atoms with Gasteiger partial charge in [0.15, 0.2) is 0 Å². The Morgan fingerprint density at radius 2 is 2.44 bits per heavy atom. The molecule has 0 aliphatic rings. The van der Waals surface area contributed by atoms with E-state index in [1.54, 1.807) is 11.0 Å². The average Bonchev–Trinajstić information content (AvgIpc) is 2.82. The summed E-state index contributed by atoms with van der Waals surface area (Å²) < 4.78 is 4.84. The first kappa shape index (κ1) is 12.1. The molecule has 0 saturated carbocycles. The van der Waals surface area contributed by atoms with Gasteiger partial charge in [0.05, 0.1) is 11.8 Å². The Morgan fingerprint density at radius 3 is 2.94 bits per heavy atom. The second kappa shape index (κ2) is 5.79. The minimum atomic E-state index is -0.123. The molecule has 1 aromatic rings. The van der Waals surface area contributed by atoms with Crippen LogP contribution in [0.3, 0.4) is 0 Å². The number of amides is 1. The number of oxime groups is 1. The normalized spacial score (nSPS) is 11.4. The molecular weight excluding hydrogens is 210 g/mol. The van der Waals surface area contributed by atoms with Crippen LogP contribution in [0.4, 0.5) is 0 Å². The molecule has 3 N–H and O–H groups in total. The Hall–Kier alpha value is -1.98. The van der Waals surface area contributed by atoms with E-state index in [0.29, 0.717) is 25.1 Å². The summed E-state index contributed by atoms with van der Waals surface area (Å²) in [5, 5.41) is 11.2. The van der Waals surface area contributed by atoms with Crippen LogP contribution in [0.25, 0.3) is 0 Å². The second-order valence-electron chi connectivity index (χ2n) is 3.24. The predicted molar refractivity (Wildman–Crippen MR) is 58.3 cm³/mol. The summed E-state index contributed by atoms with van der Waals surface area (Å²) in [5.74, 6) is -0.0135. The van der Waals surface area contributed by atoms with Crippen molar-refractivity contribution in [1.82, 2.24) is 4.90 Å². The summed E-state index contributed by atoms with van der Waals surface area (Å²) in [6.45, 7) is 2.84. The van der Waals surface area contributed by atoms with E-state index in [1.807, 2.05) is 6.92 Å². The van der Waals surface area contributed by atoms with E-state index in [9.17, 15) is 4.79 Å². The predicted octanol–water partition coefficient (Wildman–Crippen LogP) is 0.878. The van der Waals surface area contributed by atoms with Crippen molar-refractivity contribution in [2.75, 3.05) is 13.1 Å². The van der Waals surface area contributed by atoms with Gasteiger partial charge in [0.1, 0.15) is 12.1 Å². The molecule has 0 spiro atoms. The molecule has 0 atom stereocenters. The van der Waals surface area contributed by atoms with Crippen LogP contribution in [0.1, 0.15) is 23.7 Å². The van der Waals surface area contributed by atoms with Crippen LogP contribution >= 0.6 is 0 Å². The number of nitrogens with zero attached hydrogens (tertiary/aromatic N) is 2. The van der Waals surface area contributed by atoms with Crippen molar-refractivity contribution in [3.63, 3.8) is 0 Å². The molecule has 0 bridgehead atoms. The molecule has 88 valence electrons. The highest BCUT2D eigenvalue weighted by atomic mass is 16.4. The van der Waals surface area contributed by atoms with Gasteiger partial charge in [0, 0.05) is 19.5 Å². The Labute approximate surface area is 93.3 Å². The van der Waals surface area contributed by atoms with Gasteiger partial charge in [-0.05, 0) is 13.0 Å². The zero-order valence-electron chi connectivity index (χ0n) is 9.09. The summed E-state index contributed by atoms with van der Waals surface area (Å²) in [6.07, 6.45) is 3.19. The molecule has 0 aliphatic heterocycles. The van der Waals surface area contributed by atoms with Crippen LogP contribution in [0.5, 0.6) is 0 Å². The van der Waals surface area contributed by atoms with E-state index in [1.165, 1.54) is 12.5 Å². The maximum absolute atomic E-state index is 11.9. The van der Waals surface area contributed by atoms with Crippen molar-refractivity contribution in [1.29, 1.82) is 0 Å². The van der Waals surface area contributed by atoms with E-state index in [4.69, 9.17) is 15.4 Å². The fourth-order valence-corrected chi connectivity index (χ4v) is 1.27. The highest BCUT2D eigenvalue weighted by molar-refractivity contribution is 5.94. The molecule has 0 aromatic carbocycles. The summed E-state index contributed by atoms with van der Waals surface area (Å²) in [7, 11) is 0. The van der Waals surface area contributed by atoms with Crippen molar-refractivity contribution in [3.8, 4) is 0 Å². The van der Waals surface area contributed by atoms with Gasteiger partial charge in [0.25, 0.3) is 5.91 Å². The van der Waals surface area contributed by atoms with E-state index in [2.05, 4.69) is 5.16 Å². The number of furan rings is 1. The molecule has 1 aromatic heterocycles. The third-order valence-corrected chi connectivity index (χ3v) is 2.20. The van der Waals surface area contributed by atoms with Gasteiger partial charge in [-0.3, -0.25) is 4.79 Å². The number of carbonyl (C=O) groups is 1. The Balaban J connectivity index is 2.58.